The molecule has 2 aliphatic rings. The van der Waals surface area contributed by atoms with E-state index in [1.54, 1.807) is 0 Å². The zero-order chi connectivity index (χ0) is 26.9. The monoisotopic (exact) mass is 533 g/mol. The molecule has 202 valence electrons. The topological polar surface area (TPSA) is 64.0 Å². The summed E-state index contributed by atoms with van der Waals surface area (Å²) in [6, 6.07) is 31.2. The van der Waals surface area contributed by atoms with Crippen molar-refractivity contribution in [3.8, 4) is 5.75 Å². The van der Waals surface area contributed by atoms with Gasteiger partial charge in [-0.2, -0.15) is 5.10 Å². The summed E-state index contributed by atoms with van der Waals surface area (Å²) in [6.07, 6.45) is 2.42. The summed E-state index contributed by atoms with van der Waals surface area (Å²) < 4.78 is 24.4. The summed E-state index contributed by atoms with van der Waals surface area (Å²) in [5, 5.41) is 9.31. The fourth-order valence-electron chi connectivity index (χ4n) is 4.93. The van der Waals surface area contributed by atoms with Crippen molar-refractivity contribution in [3.63, 3.8) is 0 Å². The summed E-state index contributed by atoms with van der Waals surface area (Å²) >= 11 is 0. The lowest BCUT2D eigenvalue weighted by molar-refractivity contribution is 0.104. The van der Waals surface area contributed by atoms with Gasteiger partial charge in [0, 0.05) is 28.9 Å². The summed E-state index contributed by atoms with van der Waals surface area (Å²) in [5.74, 6) is 0.823. The predicted molar refractivity (Wildman–Crippen MR) is 158 cm³/mol. The molecule has 0 spiro atoms. The van der Waals surface area contributed by atoms with Crippen LogP contribution in [-0.2, 0) is 27.9 Å². The Labute approximate surface area is 233 Å². The first-order valence-corrected chi connectivity index (χ1v) is 13.7. The SMILES string of the molecule is Cn1c2ccc(COCC3CO3)cc2c2ccc(C=NN(c3ccccc3)c3ccc(OCC4CO4)cc3)cc21. The lowest BCUT2D eigenvalue weighted by Gasteiger charge is -2.19. The molecule has 0 amide bonds. The number of para-hydroxylation sites is 1. The number of aromatic nitrogens is 1. The van der Waals surface area contributed by atoms with Crippen molar-refractivity contribution in [3.05, 3.63) is 102 Å². The van der Waals surface area contributed by atoms with Gasteiger partial charge in [0.05, 0.1) is 44.0 Å². The van der Waals surface area contributed by atoms with Gasteiger partial charge >= 0.3 is 0 Å². The predicted octanol–water partition coefficient (Wildman–Crippen LogP) is 6.20. The molecule has 0 radical (unpaired) electrons. The fourth-order valence-corrected chi connectivity index (χ4v) is 4.93. The average molecular weight is 534 g/mol. The number of fused-ring (bicyclic) bond motifs is 3. The number of aryl methyl sites for hydroxylation is 1. The number of benzene rings is 4. The molecule has 5 aromatic rings. The second kappa shape index (κ2) is 10.8. The first-order chi connectivity index (χ1) is 19.7. The molecular weight excluding hydrogens is 502 g/mol. The molecule has 0 aliphatic carbocycles. The highest BCUT2D eigenvalue weighted by atomic mass is 16.6. The average Bonchev–Trinajstić information content (AvgIpc) is 3.93. The van der Waals surface area contributed by atoms with Crippen LogP contribution in [0.4, 0.5) is 11.4 Å². The minimum Gasteiger partial charge on any atom is -0.491 e. The maximum atomic E-state index is 5.82. The van der Waals surface area contributed by atoms with Crippen LogP contribution < -0.4 is 9.75 Å². The van der Waals surface area contributed by atoms with E-state index in [1.165, 1.54) is 21.9 Å². The van der Waals surface area contributed by atoms with E-state index in [0.29, 0.717) is 19.8 Å². The number of ether oxygens (including phenoxy) is 4. The summed E-state index contributed by atoms with van der Waals surface area (Å²) in [6.45, 7) is 3.43. The number of hydrazone groups is 1. The van der Waals surface area contributed by atoms with Crippen molar-refractivity contribution in [1.82, 2.24) is 4.57 Å². The number of hydrogen-bond acceptors (Lipinski definition) is 6. The van der Waals surface area contributed by atoms with E-state index in [2.05, 4.69) is 60.1 Å². The van der Waals surface area contributed by atoms with Crippen molar-refractivity contribution in [2.45, 2.75) is 18.8 Å². The molecule has 4 aromatic carbocycles. The molecule has 2 aliphatic heterocycles. The highest BCUT2D eigenvalue weighted by Crippen LogP contribution is 2.31. The van der Waals surface area contributed by atoms with Crippen LogP contribution in [0.1, 0.15) is 11.1 Å². The Balaban J connectivity index is 1.15. The molecule has 2 fully saturated rings. The van der Waals surface area contributed by atoms with Crippen LogP contribution in [0.5, 0.6) is 5.75 Å². The molecule has 0 bridgehead atoms. The van der Waals surface area contributed by atoms with Gasteiger partial charge < -0.3 is 23.5 Å². The number of epoxide rings is 2. The molecule has 0 saturated carbocycles. The molecule has 2 unspecified atom stereocenters. The van der Waals surface area contributed by atoms with Crippen LogP contribution in [0.15, 0.2) is 96.1 Å². The Morgan fingerprint density at radius 3 is 2.35 bits per heavy atom. The Morgan fingerprint density at radius 2 is 1.57 bits per heavy atom. The molecule has 1 aromatic heterocycles. The van der Waals surface area contributed by atoms with Crippen molar-refractivity contribution in [2.75, 3.05) is 31.4 Å². The Hall–Kier alpha value is -4.17. The van der Waals surface area contributed by atoms with Crippen molar-refractivity contribution >= 4 is 39.4 Å². The van der Waals surface area contributed by atoms with Gasteiger partial charge in [0.1, 0.15) is 24.6 Å². The standard InChI is InChI=1S/C33H31N3O4/c1-35-32-14-8-24(18-37-19-28-20-39-28)15-31(32)30-13-7-23(16-33(30)35)17-34-36(25-5-3-2-4-6-25)26-9-11-27(12-10-26)38-21-29-22-40-29/h2-17,28-29H,18-22H2,1H3. The first-order valence-electron chi connectivity index (χ1n) is 13.7. The van der Waals surface area contributed by atoms with Gasteiger partial charge in [0.15, 0.2) is 0 Å². The lowest BCUT2D eigenvalue weighted by Crippen LogP contribution is -2.09. The Bertz CT molecular complexity index is 1650. The lowest BCUT2D eigenvalue weighted by atomic mass is 10.1. The van der Waals surface area contributed by atoms with E-state index < -0.39 is 0 Å². The van der Waals surface area contributed by atoms with Crippen LogP contribution in [-0.4, -0.2) is 49.4 Å². The van der Waals surface area contributed by atoms with E-state index in [9.17, 15) is 0 Å². The quantitative estimate of drug-likeness (QED) is 0.115. The van der Waals surface area contributed by atoms with Crippen LogP contribution in [0, 0.1) is 0 Å². The molecule has 2 atom stereocenters. The van der Waals surface area contributed by atoms with Crippen LogP contribution in [0.3, 0.4) is 0 Å². The maximum Gasteiger partial charge on any atom is 0.119 e. The minimum atomic E-state index is 0.229. The van der Waals surface area contributed by atoms with Crippen LogP contribution in [0.25, 0.3) is 21.8 Å². The third kappa shape index (κ3) is 5.45. The second-order valence-corrected chi connectivity index (χ2v) is 10.3. The Kier molecular flexibility index (Phi) is 6.69. The summed E-state index contributed by atoms with van der Waals surface area (Å²) in [5.41, 5.74) is 6.48. The molecule has 7 heteroatoms. The van der Waals surface area contributed by atoms with E-state index in [1.807, 2.05) is 53.7 Å². The molecule has 3 heterocycles. The molecule has 7 rings (SSSR count). The molecular formula is C33H31N3O4. The van der Waals surface area contributed by atoms with Crippen LogP contribution >= 0.6 is 0 Å². The smallest absolute Gasteiger partial charge is 0.119 e. The van der Waals surface area contributed by atoms with Crippen molar-refractivity contribution in [2.24, 2.45) is 12.1 Å². The van der Waals surface area contributed by atoms with E-state index in [4.69, 9.17) is 24.0 Å². The third-order valence-electron chi connectivity index (χ3n) is 7.31. The second-order valence-electron chi connectivity index (χ2n) is 10.3. The van der Waals surface area contributed by atoms with Gasteiger partial charge in [0.25, 0.3) is 0 Å². The number of rotatable bonds is 11. The molecule has 7 nitrogen and oxygen atoms in total. The number of hydrogen-bond donors (Lipinski definition) is 0. The highest BCUT2D eigenvalue weighted by Gasteiger charge is 2.23. The fraction of sp³-hybridized carbons (Fsp3) is 0.242. The van der Waals surface area contributed by atoms with Crippen LogP contribution in [0.2, 0.25) is 0 Å². The van der Waals surface area contributed by atoms with Gasteiger partial charge in [-0.1, -0.05) is 36.4 Å². The van der Waals surface area contributed by atoms with Gasteiger partial charge in [-0.3, -0.25) is 0 Å². The van der Waals surface area contributed by atoms with E-state index >= 15 is 0 Å². The van der Waals surface area contributed by atoms with Gasteiger partial charge in [-0.05, 0) is 65.7 Å². The largest absolute Gasteiger partial charge is 0.491 e. The zero-order valence-electron chi connectivity index (χ0n) is 22.4. The molecule has 0 N–H and O–H groups in total. The summed E-state index contributed by atoms with van der Waals surface area (Å²) in [7, 11) is 2.11. The van der Waals surface area contributed by atoms with Gasteiger partial charge in [0.2, 0.25) is 0 Å². The minimum absolute atomic E-state index is 0.229. The van der Waals surface area contributed by atoms with E-state index in [-0.39, 0.29) is 12.2 Å². The number of nitrogens with zero attached hydrogens (tertiary/aromatic N) is 3. The first kappa shape index (κ1) is 24.8. The number of anilines is 2. The van der Waals surface area contributed by atoms with Crippen molar-refractivity contribution in [1.29, 1.82) is 0 Å². The third-order valence-corrected chi connectivity index (χ3v) is 7.31. The maximum absolute atomic E-state index is 5.82. The Morgan fingerprint density at radius 1 is 0.825 bits per heavy atom. The van der Waals surface area contributed by atoms with Gasteiger partial charge in [-0.15, -0.1) is 0 Å². The zero-order valence-corrected chi connectivity index (χ0v) is 22.4. The van der Waals surface area contributed by atoms with Gasteiger partial charge in [-0.25, -0.2) is 5.01 Å². The van der Waals surface area contributed by atoms with E-state index in [0.717, 1.165) is 41.4 Å². The molecule has 2 saturated heterocycles. The highest BCUT2D eigenvalue weighted by molar-refractivity contribution is 6.09. The normalized spacial score (nSPS) is 18.0. The molecule has 40 heavy (non-hydrogen) atoms. The van der Waals surface area contributed by atoms with Crippen molar-refractivity contribution < 1.29 is 18.9 Å². The summed E-state index contributed by atoms with van der Waals surface area (Å²) in [4.78, 5) is 0.